The van der Waals surface area contributed by atoms with Crippen LogP contribution in [0, 0.1) is 5.82 Å². The summed E-state index contributed by atoms with van der Waals surface area (Å²) in [5, 5.41) is 4.09. The van der Waals surface area contributed by atoms with Gasteiger partial charge in [-0.15, -0.1) is 0 Å². The van der Waals surface area contributed by atoms with Crippen molar-refractivity contribution in [3.05, 3.63) is 94.9 Å². The average molecular weight is 672 g/mol. The lowest BCUT2D eigenvalue weighted by atomic mass is 9.87. The Labute approximate surface area is 258 Å². The van der Waals surface area contributed by atoms with Crippen LogP contribution < -0.4 is 10.1 Å². The second-order valence-corrected chi connectivity index (χ2v) is 13.4. The molecule has 0 radical (unpaired) electrons. The van der Waals surface area contributed by atoms with Gasteiger partial charge < -0.3 is 19.5 Å². The molecule has 0 bridgehead atoms. The van der Waals surface area contributed by atoms with Gasteiger partial charge in [-0.2, -0.15) is 0 Å². The van der Waals surface area contributed by atoms with Crippen molar-refractivity contribution in [3.8, 4) is 5.75 Å². The first-order valence-corrected chi connectivity index (χ1v) is 16.5. The summed E-state index contributed by atoms with van der Waals surface area (Å²) in [5.74, 6) is 0.884. The number of rotatable bonds is 13. The fraction of sp³-hybridized carbons (Fsp3) is 0.323. The van der Waals surface area contributed by atoms with E-state index in [1.807, 2.05) is 37.3 Å². The minimum Gasteiger partial charge on any atom is -0.488 e. The van der Waals surface area contributed by atoms with Crippen molar-refractivity contribution in [3.63, 3.8) is 0 Å². The van der Waals surface area contributed by atoms with E-state index in [1.54, 1.807) is 31.5 Å². The molecule has 4 aromatic rings. The van der Waals surface area contributed by atoms with E-state index in [9.17, 15) is 12.8 Å². The quantitative estimate of drug-likeness (QED) is 0.168. The van der Waals surface area contributed by atoms with E-state index in [0.717, 1.165) is 16.6 Å². The molecule has 0 fully saturated rings. The van der Waals surface area contributed by atoms with E-state index in [4.69, 9.17) is 19.2 Å². The summed E-state index contributed by atoms with van der Waals surface area (Å²) in [4.78, 5) is 13.6. The number of sulfone groups is 1. The van der Waals surface area contributed by atoms with Gasteiger partial charge in [-0.3, -0.25) is 4.98 Å². The van der Waals surface area contributed by atoms with Gasteiger partial charge in [-0.25, -0.2) is 22.8 Å². The first-order valence-electron chi connectivity index (χ1n) is 13.9. The van der Waals surface area contributed by atoms with Gasteiger partial charge in [-0.05, 0) is 70.4 Å². The Morgan fingerprint density at radius 2 is 2.00 bits per heavy atom. The average Bonchev–Trinajstić information content (AvgIpc) is 3.50. The van der Waals surface area contributed by atoms with Gasteiger partial charge in [0.2, 0.25) is 0 Å². The molecule has 43 heavy (non-hydrogen) atoms. The van der Waals surface area contributed by atoms with Crippen molar-refractivity contribution in [2.24, 2.45) is 0 Å². The normalized spacial score (nSPS) is 17.1. The minimum atomic E-state index is -3.17. The lowest BCUT2D eigenvalue weighted by molar-refractivity contribution is -0.109. The smallest absolute Gasteiger partial charge is 0.179 e. The van der Waals surface area contributed by atoms with Crippen LogP contribution in [0.15, 0.2) is 77.9 Å². The van der Waals surface area contributed by atoms with E-state index >= 15 is 0 Å². The fourth-order valence-electron chi connectivity index (χ4n) is 4.93. The number of fused-ring (bicyclic) bond motifs is 1. The van der Waals surface area contributed by atoms with Crippen LogP contribution in [-0.2, 0) is 31.5 Å². The molecule has 12 heteroatoms. The van der Waals surface area contributed by atoms with Gasteiger partial charge in [-0.1, -0.05) is 26.0 Å². The van der Waals surface area contributed by atoms with Crippen LogP contribution in [-0.4, -0.2) is 47.6 Å². The lowest BCUT2D eigenvalue weighted by Gasteiger charge is -2.36. The number of nitrogens with zero attached hydrogens (tertiary/aromatic N) is 3. The zero-order chi connectivity index (χ0) is 30.5. The summed E-state index contributed by atoms with van der Waals surface area (Å²) in [5.41, 5.74) is 1.83. The number of halogens is 2. The third-order valence-corrected chi connectivity index (χ3v) is 9.56. The SMILES string of the molecule is CCC(OCCS(=O)(=O)CC)C1(c2cc3c(Nc4ccc(OCc5cccc(F)c5)c(Br)c4)ncnc3cn2)CC=CO1. The number of nitrogens with one attached hydrogen (secondary N) is 1. The predicted molar refractivity (Wildman–Crippen MR) is 166 cm³/mol. The van der Waals surface area contributed by atoms with Gasteiger partial charge in [0, 0.05) is 23.2 Å². The van der Waals surface area contributed by atoms with Crippen LogP contribution in [0.2, 0.25) is 0 Å². The van der Waals surface area contributed by atoms with E-state index in [-0.39, 0.29) is 30.5 Å². The maximum atomic E-state index is 13.5. The van der Waals surface area contributed by atoms with E-state index < -0.39 is 21.5 Å². The molecule has 0 aliphatic carbocycles. The molecule has 9 nitrogen and oxygen atoms in total. The molecule has 5 rings (SSSR count). The Balaban J connectivity index is 1.38. The molecular formula is C31H32BrFN4O5S. The number of hydrogen-bond acceptors (Lipinski definition) is 9. The maximum Gasteiger partial charge on any atom is 0.179 e. The highest BCUT2D eigenvalue weighted by molar-refractivity contribution is 9.10. The van der Waals surface area contributed by atoms with E-state index in [1.165, 1.54) is 18.5 Å². The summed E-state index contributed by atoms with van der Waals surface area (Å²) in [7, 11) is -3.17. The van der Waals surface area contributed by atoms with Gasteiger partial charge >= 0.3 is 0 Å². The van der Waals surface area contributed by atoms with E-state index in [0.29, 0.717) is 40.1 Å². The second kappa shape index (κ2) is 13.4. The number of ether oxygens (including phenoxy) is 3. The molecular weight excluding hydrogens is 639 g/mol. The summed E-state index contributed by atoms with van der Waals surface area (Å²) in [6, 6.07) is 13.7. The molecule has 0 spiro atoms. The van der Waals surface area contributed by atoms with Gasteiger partial charge in [0.15, 0.2) is 15.4 Å². The number of pyridine rings is 1. The van der Waals surface area contributed by atoms with Gasteiger partial charge in [0.05, 0.1) is 40.5 Å². The summed E-state index contributed by atoms with van der Waals surface area (Å²) < 4.78 is 56.5. The van der Waals surface area contributed by atoms with Crippen LogP contribution in [0.1, 0.15) is 37.9 Å². The zero-order valence-electron chi connectivity index (χ0n) is 23.8. The third kappa shape index (κ3) is 7.14. The Morgan fingerprint density at radius 1 is 1.14 bits per heavy atom. The molecule has 0 saturated carbocycles. The van der Waals surface area contributed by atoms with Crippen LogP contribution in [0.5, 0.6) is 5.75 Å². The molecule has 0 amide bonds. The number of hydrogen-bond donors (Lipinski definition) is 1. The van der Waals surface area contributed by atoms with Gasteiger partial charge in [0.1, 0.15) is 36.4 Å². The molecule has 0 saturated heterocycles. The van der Waals surface area contributed by atoms with Crippen LogP contribution >= 0.6 is 15.9 Å². The number of benzene rings is 2. The van der Waals surface area contributed by atoms with E-state index in [2.05, 4.69) is 31.2 Å². The highest BCUT2D eigenvalue weighted by Gasteiger charge is 2.45. The summed E-state index contributed by atoms with van der Waals surface area (Å²) in [6.07, 6.45) is 7.36. The monoisotopic (exact) mass is 670 g/mol. The zero-order valence-corrected chi connectivity index (χ0v) is 26.2. The Hall–Kier alpha value is -3.61. The summed E-state index contributed by atoms with van der Waals surface area (Å²) in [6.45, 7) is 3.90. The molecule has 2 atom stereocenters. The standard InChI is InChI=1S/C31H32BrFN4O5S/c1-3-29(40-13-14-43(38,39)4-2)31(11-6-12-42-31)28-17-24-26(18-34-28)35-20-36-30(24)37-23-9-10-27(25(32)16-23)41-19-21-7-5-8-22(33)15-21/h5-10,12,15-18,20,29H,3-4,11,13-14,19H2,1-2H3,(H,35,36,37). The maximum absolute atomic E-state index is 13.5. The first kappa shape index (κ1) is 30.8. The first-order chi connectivity index (χ1) is 20.7. The third-order valence-electron chi connectivity index (χ3n) is 7.27. The topological polar surface area (TPSA) is 113 Å². The van der Waals surface area contributed by atoms with Crippen molar-refractivity contribution in [2.45, 2.75) is 45.0 Å². The van der Waals surface area contributed by atoms with Gasteiger partial charge in [0.25, 0.3) is 0 Å². The Morgan fingerprint density at radius 3 is 2.72 bits per heavy atom. The Bertz CT molecular complexity index is 1730. The highest BCUT2D eigenvalue weighted by Crippen LogP contribution is 2.41. The largest absolute Gasteiger partial charge is 0.488 e. The van der Waals surface area contributed by atoms with Crippen LogP contribution in [0.4, 0.5) is 15.9 Å². The molecule has 1 aliphatic heterocycles. The summed E-state index contributed by atoms with van der Waals surface area (Å²) >= 11 is 3.57. The molecule has 1 N–H and O–H groups in total. The van der Waals surface area contributed by atoms with Crippen molar-refractivity contribution < 1.29 is 27.0 Å². The molecule has 1 aliphatic rings. The molecule has 2 unspecified atom stereocenters. The second-order valence-electron chi connectivity index (χ2n) is 10.1. The lowest BCUT2D eigenvalue weighted by Crippen LogP contribution is -2.42. The minimum absolute atomic E-state index is 0.0548. The van der Waals surface area contributed by atoms with Crippen molar-refractivity contribution in [1.29, 1.82) is 0 Å². The van der Waals surface area contributed by atoms with Crippen molar-refractivity contribution >= 4 is 48.2 Å². The van der Waals surface area contributed by atoms with Crippen molar-refractivity contribution in [1.82, 2.24) is 15.0 Å². The number of anilines is 2. The highest BCUT2D eigenvalue weighted by atomic mass is 79.9. The molecule has 3 heterocycles. The Kier molecular flexibility index (Phi) is 9.58. The number of aromatic nitrogens is 3. The molecule has 2 aromatic carbocycles. The molecule has 226 valence electrons. The molecule has 2 aromatic heterocycles. The van der Waals surface area contributed by atoms with Crippen LogP contribution in [0.25, 0.3) is 10.9 Å². The fourth-order valence-corrected chi connectivity index (χ4v) is 6.06. The van der Waals surface area contributed by atoms with Crippen molar-refractivity contribution in [2.75, 3.05) is 23.4 Å². The van der Waals surface area contributed by atoms with Crippen LogP contribution in [0.3, 0.4) is 0 Å². The predicted octanol–water partition coefficient (Wildman–Crippen LogP) is 6.61.